The van der Waals surface area contributed by atoms with E-state index in [1.165, 1.54) is 6.07 Å². The molecule has 0 amide bonds. The minimum Gasteiger partial charge on any atom is -0.308 e. The minimum absolute atomic E-state index is 0.331. The van der Waals surface area contributed by atoms with Crippen molar-refractivity contribution in [2.75, 3.05) is 5.43 Å². The fraction of sp³-hybridized carbons (Fsp3) is 0.0625. The molecule has 3 aromatic rings. The average Bonchev–Trinajstić information content (AvgIpc) is 2.48. The number of nitrogens with one attached hydrogen (secondary N) is 1. The summed E-state index contributed by atoms with van der Waals surface area (Å²) in [7, 11) is 0. The summed E-state index contributed by atoms with van der Waals surface area (Å²) < 4.78 is 13.7. The zero-order chi connectivity index (χ0) is 13.9. The van der Waals surface area contributed by atoms with Gasteiger partial charge in [0, 0.05) is 17.4 Å². The van der Waals surface area contributed by atoms with E-state index < -0.39 is 0 Å². The van der Waals surface area contributed by atoms with Gasteiger partial charge in [-0.25, -0.2) is 15.2 Å². The van der Waals surface area contributed by atoms with Gasteiger partial charge in [0.15, 0.2) is 0 Å². The van der Waals surface area contributed by atoms with E-state index in [1.807, 2.05) is 42.5 Å². The highest BCUT2D eigenvalue weighted by Gasteiger charge is 2.09. The summed E-state index contributed by atoms with van der Waals surface area (Å²) in [6, 6.07) is 16.9. The van der Waals surface area contributed by atoms with E-state index >= 15 is 0 Å². The molecule has 100 valence electrons. The molecule has 4 heteroatoms. The van der Waals surface area contributed by atoms with Gasteiger partial charge >= 0.3 is 0 Å². The first-order chi connectivity index (χ1) is 9.78. The molecule has 0 aliphatic heterocycles. The number of hydrogen-bond donors (Lipinski definition) is 2. The summed E-state index contributed by atoms with van der Waals surface area (Å²) >= 11 is 0. The Morgan fingerprint density at radius 3 is 2.60 bits per heavy atom. The zero-order valence-electron chi connectivity index (χ0n) is 10.8. The van der Waals surface area contributed by atoms with Crippen molar-refractivity contribution < 1.29 is 4.39 Å². The van der Waals surface area contributed by atoms with Crippen LogP contribution in [-0.4, -0.2) is 4.98 Å². The zero-order valence-corrected chi connectivity index (χ0v) is 10.8. The summed E-state index contributed by atoms with van der Waals surface area (Å²) in [5.74, 6) is 5.67. The summed E-state index contributed by atoms with van der Waals surface area (Å²) in [5.41, 5.74) is 4.98. The van der Waals surface area contributed by atoms with Crippen molar-refractivity contribution in [2.24, 2.45) is 5.84 Å². The number of benzene rings is 2. The van der Waals surface area contributed by atoms with Crippen LogP contribution in [0.25, 0.3) is 10.9 Å². The van der Waals surface area contributed by atoms with Gasteiger partial charge in [-0.3, -0.25) is 0 Å². The maximum atomic E-state index is 13.7. The van der Waals surface area contributed by atoms with Gasteiger partial charge in [-0.15, -0.1) is 0 Å². The van der Waals surface area contributed by atoms with Crippen molar-refractivity contribution >= 4 is 16.7 Å². The van der Waals surface area contributed by atoms with E-state index in [1.54, 1.807) is 6.07 Å². The topological polar surface area (TPSA) is 50.9 Å². The van der Waals surface area contributed by atoms with Crippen LogP contribution in [0.1, 0.15) is 11.1 Å². The summed E-state index contributed by atoms with van der Waals surface area (Å²) in [4.78, 5) is 4.28. The molecule has 0 radical (unpaired) electrons. The van der Waals surface area contributed by atoms with Gasteiger partial charge in [0.1, 0.15) is 17.2 Å². The summed E-state index contributed by atoms with van der Waals surface area (Å²) in [5, 5.41) is 0.773. The lowest BCUT2D eigenvalue weighted by molar-refractivity contribution is 0.637. The first kappa shape index (κ1) is 12.6. The van der Waals surface area contributed by atoms with Gasteiger partial charge < -0.3 is 5.43 Å². The number of rotatable bonds is 3. The van der Waals surface area contributed by atoms with Crippen molar-refractivity contribution in [3.63, 3.8) is 0 Å². The molecule has 0 aliphatic carbocycles. The number of aromatic nitrogens is 1. The Bertz CT molecular complexity index is 741. The van der Waals surface area contributed by atoms with Gasteiger partial charge in [-0.05, 0) is 17.7 Å². The van der Waals surface area contributed by atoms with Crippen LogP contribution in [0.2, 0.25) is 0 Å². The maximum absolute atomic E-state index is 13.7. The largest absolute Gasteiger partial charge is 0.308 e. The Labute approximate surface area is 116 Å². The SMILES string of the molecule is NNc1nc2c(F)cccc2cc1Cc1ccccc1. The lowest BCUT2D eigenvalue weighted by Gasteiger charge is -2.10. The molecule has 0 aliphatic rings. The van der Waals surface area contributed by atoms with Crippen molar-refractivity contribution in [1.29, 1.82) is 0 Å². The van der Waals surface area contributed by atoms with Crippen LogP contribution in [-0.2, 0) is 6.42 Å². The second-order valence-corrected chi connectivity index (χ2v) is 4.61. The second kappa shape index (κ2) is 5.27. The number of anilines is 1. The smallest absolute Gasteiger partial charge is 0.149 e. The van der Waals surface area contributed by atoms with Crippen molar-refractivity contribution in [2.45, 2.75) is 6.42 Å². The Kier molecular flexibility index (Phi) is 3.31. The van der Waals surface area contributed by atoms with Crippen LogP contribution >= 0.6 is 0 Å². The molecule has 0 atom stereocenters. The highest BCUT2D eigenvalue weighted by atomic mass is 19.1. The third-order valence-electron chi connectivity index (χ3n) is 3.25. The Morgan fingerprint density at radius 2 is 1.85 bits per heavy atom. The van der Waals surface area contributed by atoms with Crippen LogP contribution in [0, 0.1) is 5.82 Å². The molecule has 3 nitrogen and oxygen atoms in total. The quantitative estimate of drug-likeness (QED) is 0.565. The number of halogens is 1. The number of para-hydroxylation sites is 1. The Hall–Kier alpha value is -2.46. The van der Waals surface area contributed by atoms with E-state index in [2.05, 4.69) is 10.4 Å². The number of nitrogens with two attached hydrogens (primary N) is 1. The third-order valence-corrected chi connectivity index (χ3v) is 3.25. The van der Waals surface area contributed by atoms with Crippen LogP contribution in [0.4, 0.5) is 10.2 Å². The predicted octanol–water partition coefficient (Wildman–Crippen LogP) is 3.25. The van der Waals surface area contributed by atoms with E-state index in [-0.39, 0.29) is 5.82 Å². The molecule has 20 heavy (non-hydrogen) atoms. The van der Waals surface area contributed by atoms with E-state index in [0.717, 1.165) is 16.5 Å². The van der Waals surface area contributed by atoms with Gasteiger partial charge in [-0.1, -0.05) is 42.5 Å². The number of hydrazine groups is 1. The van der Waals surface area contributed by atoms with E-state index in [9.17, 15) is 4.39 Å². The van der Waals surface area contributed by atoms with Gasteiger partial charge in [0.05, 0.1) is 0 Å². The monoisotopic (exact) mass is 267 g/mol. The molecular formula is C16H14FN3. The molecule has 0 unspecified atom stereocenters. The molecule has 0 saturated carbocycles. The molecule has 1 aromatic heterocycles. The Balaban J connectivity index is 2.10. The summed E-state index contributed by atoms with van der Waals surface area (Å²) in [6.45, 7) is 0. The molecule has 0 spiro atoms. The van der Waals surface area contributed by atoms with E-state index in [4.69, 9.17) is 5.84 Å². The highest BCUT2D eigenvalue weighted by molar-refractivity contribution is 5.82. The molecular weight excluding hydrogens is 253 g/mol. The van der Waals surface area contributed by atoms with Gasteiger partial charge in [0.25, 0.3) is 0 Å². The maximum Gasteiger partial charge on any atom is 0.149 e. The molecule has 0 saturated heterocycles. The first-order valence-electron chi connectivity index (χ1n) is 6.36. The van der Waals surface area contributed by atoms with Crippen molar-refractivity contribution in [1.82, 2.24) is 4.98 Å². The van der Waals surface area contributed by atoms with Gasteiger partial charge in [0.2, 0.25) is 0 Å². The number of nitrogen functional groups attached to an aromatic ring is 1. The fourth-order valence-electron chi connectivity index (χ4n) is 2.28. The number of pyridine rings is 1. The lowest BCUT2D eigenvalue weighted by Crippen LogP contribution is -2.11. The van der Waals surface area contributed by atoms with Crippen LogP contribution in [0.3, 0.4) is 0 Å². The number of nitrogens with zero attached hydrogens (tertiary/aromatic N) is 1. The number of fused-ring (bicyclic) bond motifs is 1. The fourth-order valence-corrected chi connectivity index (χ4v) is 2.28. The molecule has 2 aromatic carbocycles. The summed E-state index contributed by atoms with van der Waals surface area (Å²) in [6.07, 6.45) is 0.694. The standard InChI is InChI=1S/C16H14FN3/c17-14-8-4-7-12-10-13(16(20-18)19-15(12)14)9-11-5-2-1-3-6-11/h1-8,10H,9,18H2,(H,19,20). The third kappa shape index (κ3) is 2.33. The molecule has 1 heterocycles. The number of hydrogen-bond acceptors (Lipinski definition) is 3. The predicted molar refractivity (Wildman–Crippen MR) is 78.8 cm³/mol. The minimum atomic E-state index is -0.342. The average molecular weight is 267 g/mol. The molecule has 3 N–H and O–H groups in total. The van der Waals surface area contributed by atoms with Crippen molar-refractivity contribution in [3.05, 3.63) is 71.5 Å². The molecule has 0 fully saturated rings. The van der Waals surface area contributed by atoms with Gasteiger partial charge in [-0.2, -0.15) is 0 Å². The molecule has 0 bridgehead atoms. The molecule has 3 rings (SSSR count). The van der Waals surface area contributed by atoms with E-state index in [0.29, 0.717) is 17.8 Å². The van der Waals surface area contributed by atoms with Crippen molar-refractivity contribution in [3.8, 4) is 0 Å². The second-order valence-electron chi connectivity index (χ2n) is 4.61. The normalized spacial score (nSPS) is 10.7. The van der Waals surface area contributed by atoms with Crippen LogP contribution in [0.5, 0.6) is 0 Å². The first-order valence-corrected chi connectivity index (χ1v) is 6.36. The van der Waals surface area contributed by atoms with Crippen LogP contribution in [0.15, 0.2) is 54.6 Å². The Morgan fingerprint density at radius 1 is 1.05 bits per heavy atom. The highest BCUT2D eigenvalue weighted by Crippen LogP contribution is 2.24. The lowest BCUT2D eigenvalue weighted by atomic mass is 10.0. The van der Waals surface area contributed by atoms with Crippen LogP contribution < -0.4 is 11.3 Å².